The van der Waals surface area contributed by atoms with Crippen molar-refractivity contribution in [2.45, 2.75) is 116 Å². The molecule has 2 aromatic carbocycles. The summed E-state index contributed by atoms with van der Waals surface area (Å²) in [4.78, 5) is 93.3. The predicted molar refractivity (Wildman–Crippen MR) is 207 cm³/mol. The molecule has 0 radical (unpaired) electrons. The zero-order chi connectivity index (χ0) is 42.4. The summed E-state index contributed by atoms with van der Waals surface area (Å²) >= 11 is 0. The number of benzene rings is 2. The molecule has 17 nitrogen and oxygen atoms in total. The number of carbonyl (C=O) groups excluding carboxylic acids is 6. The summed E-state index contributed by atoms with van der Waals surface area (Å²) in [6.07, 6.45) is -1.33. The van der Waals surface area contributed by atoms with Crippen LogP contribution in [0.2, 0.25) is 0 Å². The number of hydrogen-bond donors (Lipinski definition) is 8. The average molecular weight is 797 g/mol. The van der Waals surface area contributed by atoms with Gasteiger partial charge in [0.1, 0.15) is 35.5 Å². The Labute approximate surface area is 332 Å². The van der Waals surface area contributed by atoms with E-state index in [0.717, 1.165) is 0 Å². The molecule has 3 rings (SSSR count). The Balaban J connectivity index is 1.73. The van der Waals surface area contributed by atoms with Crippen LogP contribution in [-0.2, 0) is 46.3 Å². The molecule has 1 saturated heterocycles. The van der Waals surface area contributed by atoms with Crippen LogP contribution in [0, 0.1) is 5.92 Å². The highest BCUT2D eigenvalue weighted by molar-refractivity contribution is 5.96. The van der Waals surface area contributed by atoms with Crippen molar-refractivity contribution in [3.63, 3.8) is 0 Å². The number of carbonyl (C=O) groups is 7. The van der Waals surface area contributed by atoms with Crippen LogP contribution in [0.1, 0.15) is 71.9 Å². The largest absolute Gasteiger partial charge is 0.508 e. The number of nitrogens with one attached hydrogen (secondary N) is 5. The summed E-state index contributed by atoms with van der Waals surface area (Å²) in [5, 5.41) is 41.7. The number of aliphatic hydroxyl groups excluding tert-OH is 1. The Morgan fingerprint density at radius 1 is 0.807 bits per heavy atom. The maximum atomic E-state index is 13.9. The lowest BCUT2D eigenvalue weighted by molar-refractivity contribution is -0.145. The number of ether oxygens (including phenoxy) is 1. The summed E-state index contributed by atoms with van der Waals surface area (Å²) in [6, 6.07) is 8.72. The third-order valence-electron chi connectivity index (χ3n) is 8.95. The Hall–Kier alpha value is -5.71. The molecule has 1 aliphatic rings. The van der Waals surface area contributed by atoms with Gasteiger partial charge in [0.2, 0.25) is 29.5 Å². The first-order valence-electron chi connectivity index (χ1n) is 18.9. The minimum atomic E-state index is -1.62. The Morgan fingerprint density at radius 3 is 1.98 bits per heavy atom. The van der Waals surface area contributed by atoms with E-state index < -0.39 is 90.1 Å². The number of likely N-dealkylation sites (tertiary alicyclic amines) is 1. The van der Waals surface area contributed by atoms with Crippen LogP contribution in [0.25, 0.3) is 0 Å². The van der Waals surface area contributed by atoms with Gasteiger partial charge < -0.3 is 51.5 Å². The fourth-order valence-corrected chi connectivity index (χ4v) is 6.23. The van der Waals surface area contributed by atoms with E-state index in [2.05, 4.69) is 26.6 Å². The predicted octanol–water partition coefficient (Wildman–Crippen LogP) is 1.14. The van der Waals surface area contributed by atoms with E-state index in [1.807, 2.05) is 0 Å². The maximum Gasteiger partial charge on any atom is 0.408 e. The molecule has 0 unspecified atom stereocenters. The lowest BCUT2D eigenvalue weighted by Gasteiger charge is -2.29. The first kappa shape index (κ1) is 45.7. The van der Waals surface area contributed by atoms with Gasteiger partial charge in [0.05, 0.1) is 12.6 Å². The van der Waals surface area contributed by atoms with E-state index in [-0.39, 0.29) is 43.9 Å². The first-order chi connectivity index (χ1) is 26.7. The number of amides is 6. The molecule has 8 N–H and O–H groups in total. The maximum absolute atomic E-state index is 13.9. The molecular weight excluding hydrogens is 740 g/mol. The highest BCUT2D eigenvalue weighted by Crippen LogP contribution is 2.21. The number of aliphatic carboxylic acids is 1. The summed E-state index contributed by atoms with van der Waals surface area (Å²) in [7, 11) is 0. The highest BCUT2D eigenvalue weighted by Gasteiger charge is 2.39. The van der Waals surface area contributed by atoms with Crippen LogP contribution in [0.4, 0.5) is 4.79 Å². The van der Waals surface area contributed by atoms with E-state index in [1.54, 1.807) is 77.1 Å². The summed E-state index contributed by atoms with van der Waals surface area (Å²) in [5.41, 5.74) is 0.463. The van der Waals surface area contributed by atoms with Gasteiger partial charge in [-0.25, -0.2) is 9.59 Å². The first-order valence-corrected chi connectivity index (χ1v) is 18.9. The van der Waals surface area contributed by atoms with Crippen molar-refractivity contribution in [1.29, 1.82) is 0 Å². The normalized spacial score (nSPS) is 16.6. The number of phenolic OH excluding ortho intramolecular Hbond substituents is 1. The number of carboxylic acids is 1. The Bertz CT molecular complexity index is 1710. The van der Waals surface area contributed by atoms with Gasteiger partial charge in [-0.05, 0) is 76.1 Å². The minimum absolute atomic E-state index is 0.00573. The van der Waals surface area contributed by atoms with Crippen molar-refractivity contribution < 1.29 is 53.6 Å². The molecule has 17 heteroatoms. The van der Waals surface area contributed by atoms with Gasteiger partial charge in [0.25, 0.3) is 0 Å². The van der Waals surface area contributed by atoms with Gasteiger partial charge in [-0.2, -0.15) is 0 Å². The molecule has 6 atom stereocenters. The number of phenols is 1. The molecule has 1 aliphatic heterocycles. The van der Waals surface area contributed by atoms with Gasteiger partial charge in [-0.15, -0.1) is 0 Å². The lowest BCUT2D eigenvalue weighted by Crippen LogP contribution is -2.58. The molecule has 0 aliphatic carbocycles. The molecule has 57 heavy (non-hydrogen) atoms. The monoisotopic (exact) mass is 796 g/mol. The van der Waals surface area contributed by atoms with Crippen molar-refractivity contribution in [2.75, 3.05) is 13.1 Å². The van der Waals surface area contributed by atoms with Crippen LogP contribution in [0.15, 0.2) is 54.6 Å². The number of aliphatic hydroxyl groups is 1. The molecule has 1 fully saturated rings. The van der Waals surface area contributed by atoms with Gasteiger partial charge in [-0.3, -0.25) is 24.0 Å². The molecule has 0 spiro atoms. The third-order valence-corrected chi connectivity index (χ3v) is 8.95. The van der Waals surface area contributed by atoms with E-state index in [9.17, 15) is 48.9 Å². The lowest BCUT2D eigenvalue weighted by atomic mass is 10.0. The van der Waals surface area contributed by atoms with Crippen molar-refractivity contribution >= 4 is 41.6 Å². The van der Waals surface area contributed by atoms with Gasteiger partial charge >= 0.3 is 12.1 Å². The topological polar surface area (TPSA) is 253 Å². The molecule has 1 heterocycles. The number of carboxylic acid groups (broad SMARTS) is 1. The van der Waals surface area contributed by atoms with Crippen LogP contribution in [-0.4, -0.2) is 117 Å². The zero-order valence-corrected chi connectivity index (χ0v) is 33.2. The second-order valence-corrected chi connectivity index (χ2v) is 15.5. The van der Waals surface area contributed by atoms with Crippen molar-refractivity contribution in [3.05, 3.63) is 65.7 Å². The SMILES string of the molecule is CC(C)C[C@H](NC(=O)[C@H](Cc1ccccc1)NC(=O)CNC(=O)[C@@H]1CCCN1C(=O)[C@H](Cc1ccc(O)cc1)NC(=O)OC(C)(C)C)C(=O)N[C@H](C(=O)O)[C@H](C)O. The van der Waals surface area contributed by atoms with Crippen LogP contribution in [0.5, 0.6) is 5.75 Å². The fourth-order valence-electron chi connectivity index (χ4n) is 6.23. The smallest absolute Gasteiger partial charge is 0.408 e. The van der Waals surface area contributed by atoms with Gasteiger partial charge in [0.15, 0.2) is 6.04 Å². The molecule has 2 aromatic rings. The van der Waals surface area contributed by atoms with E-state index >= 15 is 0 Å². The molecule has 6 amide bonds. The van der Waals surface area contributed by atoms with E-state index in [1.165, 1.54) is 24.0 Å². The van der Waals surface area contributed by atoms with Crippen molar-refractivity contribution in [2.24, 2.45) is 5.92 Å². The van der Waals surface area contributed by atoms with Crippen molar-refractivity contribution in [3.8, 4) is 5.75 Å². The standard InChI is InChI=1S/C40H56N6O11/c1-23(2)19-28(35(51)45-33(24(3)47)38(54)55)43-34(50)29(20-25-11-8-7-9-12-25)42-32(49)22-41-36(52)31-13-10-18-46(31)37(53)30(44-39(56)57-40(4,5)6)21-26-14-16-27(48)17-15-26/h7-9,11-12,14-17,23-24,28-31,33,47-48H,10,13,18-22H2,1-6H3,(H,41,52)(H,42,49)(H,43,50)(H,44,56)(H,45,51)(H,54,55)/t24-,28-,29-,30-,31-,33-/m0/s1. The number of alkyl carbamates (subject to hydrolysis) is 1. The second-order valence-electron chi connectivity index (χ2n) is 15.5. The Morgan fingerprint density at radius 2 is 1.40 bits per heavy atom. The molecule has 312 valence electrons. The fraction of sp³-hybridized carbons (Fsp3) is 0.525. The van der Waals surface area contributed by atoms with Crippen LogP contribution >= 0.6 is 0 Å². The second kappa shape index (κ2) is 21.0. The van der Waals surface area contributed by atoms with Crippen LogP contribution in [0.3, 0.4) is 0 Å². The van der Waals surface area contributed by atoms with Gasteiger partial charge in [-0.1, -0.05) is 56.3 Å². The van der Waals surface area contributed by atoms with E-state index in [0.29, 0.717) is 17.5 Å². The molecule has 0 saturated carbocycles. The summed E-state index contributed by atoms with van der Waals surface area (Å²) in [6.45, 7) is 9.49. The molecular formula is C40H56N6O11. The van der Waals surface area contributed by atoms with E-state index in [4.69, 9.17) is 4.74 Å². The number of aromatic hydroxyl groups is 1. The average Bonchev–Trinajstić information content (AvgIpc) is 3.62. The highest BCUT2D eigenvalue weighted by atomic mass is 16.6. The summed E-state index contributed by atoms with van der Waals surface area (Å²) in [5.74, 6) is -5.03. The molecule has 0 aromatic heterocycles. The molecule has 0 bridgehead atoms. The number of nitrogens with zero attached hydrogens (tertiary/aromatic N) is 1. The van der Waals surface area contributed by atoms with Crippen molar-refractivity contribution in [1.82, 2.24) is 31.5 Å². The third kappa shape index (κ3) is 15.0. The quantitative estimate of drug-likeness (QED) is 0.106. The zero-order valence-electron chi connectivity index (χ0n) is 33.2. The number of hydrogen-bond acceptors (Lipinski definition) is 10. The minimum Gasteiger partial charge on any atom is -0.508 e. The van der Waals surface area contributed by atoms with Crippen LogP contribution < -0.4 is 26.6 Å². The summed E-state index contributed by atoms with van der Waals surface area (Å²) < 4.78 is 5.38. The number of rotatable bonds is 18. The Kier molecular flexibility index (Phi) is 16.8. The van der Waals surface area contributed by atoms with Gasteiger partial charge in [0, 0.05) is 19.4 Å².